The predicted octanol–water partition coefficient (Wildman–Crippen LogP) is 3.12. The smallest absolute Gasteiger partial charge is 0.0208 e. The number of rotatable bonds is 6. The molecule has 0 radical (unpaired) electrons. The lowest BCUT2D eigenvalue weighted by molar-refractivity contribution is 0.282. The molecule has 1 aromatic rings. The fourth-order valence-electron chi connectivity index (χ4n) is 2.93. The Labute approximate surface area is 118 Å². The number of aryl methyl sites for hydroxylation is 1. The predicted molar refractivity (Wildman–Crippen MR) is 82.5 cm³/mol. The first-order valence-corrected chi connectivity index (χ1v) is 7.65. The highest BCUT2D eigenvalue weighted by Crippen LogP contribution is 2.13. The summed E-state index contributed by atoms with van der Waals surface area (Å²) in [6.45, 7) is 12.7. The maximum atomic E-state index is 3.62. The number of nitrogens with zero attached hydrogens (tertiary/aromatic N) is 1. The van der Waals surface area contributed by atoms with Gasteiger partial charge in [-0.3, -0.25) is 0 Å². The van der Waals surface area contributed by atoms with Crippen LogP contribution in [0.25, 0.3) is 0 Å². The molecule has 1 N–H and O–H groups in total. The minimum atomic E-state index is 0.739. The van der Waals surface area contributed by atoms with E-state index >= 15 is 0 Å². The monoisotopic (exact) mass is 260 g/mol. The van der Waals surface area contributed by atoms with E-state index in [1.54, 1.807) is 0 Å². The second-order valence-corrected chi connectivity index (χ2v) is 6.10. The normalized spacial score (nSPS) is 17.8. The first-order valence-electron chi connectivity index (χ1n) is 7.65. The molecule has 2 heteroatoms. The second-order valence-electron chi connectivity index (χ2n) is 6.10. The highest BCUT2D eigenvalue weighted by atomic mass is 15.1. The fraction of sp³-hybridized carbons (Fsp3) is 0.647. The lowest BCUT2D eigenvalue weighted by Crippen LogP contribution is -2.31. The molecule has 1 aromatic carbocycles. The largest absolute Gasteiger partial charge is 0.312 e. The molecule has 0 spiro atoms. The molecule has 0 bridgehead atoms. The molecule has 0 amide bonds. The van der Waals surface area contributed by atoms with Crippen molar-refractivity contribution in [3.63, 3.8) is 0 Å². The van der Waals surface area contributed by atoms with Gasteiger partial charge in [0.15, 0.2) is 0 Å². The number of likely N-dealkylation sites (tertiary alicyclic amines) is 1. The van der Waals surface area contributed by atoms with Gasteiger partial charge in [0, 0.05) is 13.1 Å². The van der Waals surface area contributed by atoms with Gasteiger partial charge in [-0.25, -0.2) is 0 Å². The van der Waals surface area contributed by atoms with Gasteiger partial charge in [0.1, 0.15) is 0 Å². The van der Waals surface area contributed by atoms with Gasteiger partial charge in [0.25, 0.3) is 0 Å². The summed E-state index contributed by atoms with van der Waals surface area (Å²) in [5, 5.41) is 3.62. The third-order valence-corrected chi connectivity index (χ3v) is 4.29. The SMILES string of the molecule is Cc1cccc(CNCC(C)CN2CCCC2)c1C. The van der Waals surface area contributed by atoms with Crippen LogP contribution in [0.2, 0.25) is 0 Å². The first-order chi connectivity index (χ1) is 9.16. The summed E-state index contributed by atoms with van der Waals surface area (Å²) < 4.78 is 0. The topological polar surface area (TPSA) is 15.3 Å². The van der Waals surface area contributed by atoms with Crippen LogP contribution in [0.4, 0.5) is 0 Å². The van der Waals surface area contributed by atoms with Crippen LogP contribution in [0.5, 0.6) is 0 Å². The molecule has 1 atom stereocenters. The Bertz CT molecular complexity index is 394. The highest BCUT2D eigenvalue weighted by Gasteiger charge is 2.14. The van der Waals surface area contributed by atoms with Gasteiger partial charge in [0.05, 0.1) is 0 Å². The summed E-state index contributed by atoms with van der Waals surface area (Å²) in [6.07, 6.45) is 2.78. The molecule has 2 nitrogen and oxygen atoms in total. The van der Waals surface area contributed by atoms with E-state index in [0.717, 1.165) is 19.0 Å². The summed E-state index contributed by atoms with van der Waals surface area (Å²) in [5.41, 5.74) is 4.26. The van der Waals surface area contributed by atoms with Gasteiger partial charge in [-0.05, 0) is 68.9 Å². The third-order valence-electron chi connectivity index (χ3n) is 4.29. The van der Waals surface area contributed by atoms with Crippen molar-refractivity contribution in [2.75, 3.05) is 26.2 Å². The van der Waals surface area contributed by atoms with E-state index in [1.165, 1.54) is 49.2 Å². The summed E-state index contributed by atoms with van der Waals surface area (Å²) >= 11 is 0. The van der Waals surface area contributed by atoms with Gasteiger partial charge in [-0.2, -0.15) is 0 Å². The molecule has 1 aliphatic rings. The van der Waals surface area contributed by atoms with E-state index in [4.69, 9.17) is 0 Å². The molecule has 19 heavy (non-hydrogen) atoms. The van der Waals surface area contributed by atoms with Gasteiger partial charge in [0.2, 0.25) is 0 Å². The van der Waals surface area contributed by atoms with Crippen LogP contribution >= 0.6 is 0 Å². The van der Waals surface area contributed by atoms with Gasteiger partial charge >= 0.3 is 0 Å². The van der Waals surface area contributed by atoms with Crippen molar-refractivity contribution in [2.45, 2.75) is 40.2 Å². The van der Waals surface area contributed by atoms with E-state index < -0.39 is 0 Å². The number of benzene rings is 1. The molecule has 1 unspecified atom stereocenters. The van der Waals surface area contributed by atoms with Gasteiger partial charge in [-0.15, -0.1) is 0 Å². The molecular weight excluding hydrogens is 232 g/mol. The van der Waals surface area contributed by atoms with Crippen molar-refractivity contribution in [3.8, 4) is 0 Å². The van der Waals surface area contributed by atoms with Crippen LogP contribution in [0.15, 0.2) is 18.2 Å². The lowest BCUT2D eigenvalue weighted by atomic mass is 10.0. The van der Waals surface area contributed by atoms with E-state index in [2.05, 4.69) is 49.2 Å². The third kappa shape index (κ3) is 4.32. The Balaban J connectivity index is 1.72. The van der Waals surface area contributed by atoms with Crippen molar-refractivity contribution in [1.82, 2.24) is 10.2 Å². The molecule has 106 valence electrons. The Morgan fingerprint density at radius 3 is 2.68 bits per heavy atom. The summed E-state index contributed by atoms with van der Waals surface area (Å²) in [7, 11) is 0. The van der Waals surface area contributed by atoms with Crippen LogP contribution in [-0.4, -0.2) is 31.1 Å². The molecule has 1 fully saturated rings. The Morgan fingerprint density at radius 1 is 1.21 bits per heavy atom. The van der Waals surface area contributed by atoms with Crippen molar-refractivity contribution >= 4 is 0 Å². The van der Waals surface area contributed by atoms with Crippen molar-refractivity contribution < 1.29 is 0 Å². The van der Waals surface area contributed by atoms with Crippen molar-refractivity contribution in [2.24, 2.45) is 5.92 Å². The zero-order valence-corrected chi connectivity index (χ0v) is 12.7. The molecule has 1 aliphatic heterocycles. The Kier molecular flexibility index (Phi) is 5.41. The fourth-order valence-corrected chi connectivity index (χ4v) is 2.93. The zero-order valence-electron chi connectivity index (χ0n) is 12.7. The molecule has 0 saturated carbocycles. The number of hydrogen-bond acceptors (Lipinski definition) is 2. The van der Waals surface area contributed by atoms with Crippen LogP contribution in [0.3, 0.4) is 0 Å². The van der Waals surface area contributed by atoms with Crippen LogP contribution in [0, 0.1) is 19.8 Å². The van der Waals surface area contributed by atoms with Crippen LogP contribution in [0.1, 0.15) is 36.5 Å². The highest BCUT2D eigenvalue weighted by molar-refractivity contribution is 5.32. The standard InChI is InChI=1S/C17H28N2/c1-14(13-19-9-4-5-10-19)11-18-12-17-8-6-7-15(2)16(17)3/h6-8,14,18H,4-5,9-13H2,1-3H3. The minimum absolute atomic E-state index is 0.739. The summed E-state index contributed by atoms with van der Waals surface area (Å²) in [6, 6.07) is 6.59. The average Bonchev–Trinajstić information content (AvgIpc) is 2.87. The first kappa shape index (κ1) is 14.5. The lowest BCUT2D eigenvalue weighted by Gasteiger charge is -2.20. The average molecular weight is 260 g/mol. The second kappa shape index (κ2) is 7.06. The van der Waals surface area contributed by atoms with Gasteiger partial charge < -0.3 is 10.2 Å². The zero-order chi connectivity index (χ0) is 13.7. The molecule has 1 heterocycles. The van der Waals surface area contributed by atoms with Crippen LogP contribution < -0.4 is 5.32 Å². The quantitative estimate of drug-likeness (QED) is 0.845. The summed E-state index contributed by atoms with van der Waals surface area (Å²) in [4.78, 5) is 2.60. The molecule has 0 aromatic heterocycles. The number of nitrogens with one attached hydrogen (secondary N) is 1. The molecular formula is C17H28N2. The molecule has 1 saturated heterocycles. The Hall–Kier alpha value is -0.860. The minimum Gasteiger partial charge on any atom is -0.312 e. The van der Waals surface area contributed by atoms with Crippen molar-refractivity contribution in [3.05, 3.63) is 34.9 Å². The molecule has 0 aliphatic carbocycles. The Morgan fingerprint density at radius 2 is 1.95 bits per heavy atom. The number of hydrogen-bond donors (Lipinski definition) is 1. The van der Waals surface area contributed by atoms with E-state index in [0.29, 0.717) is 0 Å². The van der Waals surface area contributed by atoms with Crippen LogP contribution in [-0.2, 0) is 6.54 Å². The maximum absolute atomic E-state index is 3.62. The summed E-state index contributed by atoms with van der Waals surface area (Å²) in [5.74, 6) is 0.739. The van der Waals surface area contributed by atoms with Gasteiger partial charge in [-0.1, -0.05) is 25.1 Å². The maximum Gasteiger partial charge on any atom is 0.0208 e. The van der Waals surface area contributed by atoms with E-state index in [-0.39, 0.29) is 0 Å². The van der Waals surface area contributed by atoms with E-state index in [9.17, 15) is 0 Å². The van der Waals surface area contributed by atoms with E-state index in [1.807, 2.05) is 0 Å². The molecule has 2 rings (SSSR count). The van der Waals surface area contributed by atoms with Crippen molar-refractivity contribution in [1.29, 1.82) is 0 Å².